The van der Waals surface area contributed by atoms with Crippen LogP contribution in [0.4, 0.5) is 4.79 Å². The largest absolute Gasteiger partial charge is 0.477 e. The molecule has 6 nitrogen and oxygen atoms in total. The third-order valence-electron chi connectivity index (χ3n) is 3.13. The Morgan fingerprint density at radius 1 is 1.24 bits per heavy atom. The number of amides is 2. The van der Waals surface area contributed by atoms with Gasteiger partial charge < -0.3 is 20.6 Å². The summed E-state index contributed by atoms with van der Waals surface area (Å²) in [5.74, 6) is -0.938. The summed E-state index contributed by atoms with van der Waals surface area (Å²) in [6, 6.07) is 3.04. The van der Waals surface area contributed by atoms with Crippen LogP contribution < -0.4 is 10.6 Å². The predicted molar refractivity (Wildman–Crippen MR) is 83.9 cm³/mol. The fraction of sp³-hybridized carbons (Fsp3) is 0.571. The minimum atomic E-state index is -0.938. The second kappa shape index (κ2) is 9.36. The number of nitrogens with zero attached hydrogens (tertiary/aromatic N) is 1. The first-order valence-electron chi connectivity index (χ1n) is 7.12. The van der Waals surface area contributed by atoms with Gasteiger partial charge in [-0.25, -0.2) is 9.59 Å². The Bertz CT molecular complexity index is 458. The second-order valence-electron chi connectivity index (χ2n) is 4.56. The van der Waals surface area contributed by atoms with E-state index in [1.807, 2.05) is 0 Å². The van der Waals surface area contributed by atoms with Crippen LogP contribution in [0, 0.1) is 0 Å². The van der Waals surface area contributed by atoms with Gasteiger partial charge in [0.25, 0.3) is 0 Å². The molecule has 2 amide bonds. The minimum Gasteiger partial charge on any atom is -0.477 e. The molecule has 0 radical (unpaired) electrons. The van der Waals surface area contributed by atoms with Gasteiger partial charge in [-0.1, -0.05) is 13.8 Å². The summed E-state index contributed by atoms with van der Waals surface area (Å²) >= 11 is 1.17. The Hall–Kier alpha value is -1.60. The number of nitrogens with one attached hydrogen (secondary N) is 2. The van der Waals surface area contributed by atoms with E-state index in [1.165, 1.54) is 11.3 Å². The van der Waals surface area contributed by atoms with Crippen LogP contribution in [0.5, 0.6) is 0 Å². The molecule has 0 spiro atoms. The van der Waals surface area contributed by atoms with Crippen molar-refractivity contribution in [2.45, 2.75) is 26.8 Å². The molecule has 1 rings (SSSR count). The van der Waals surface area contributed by atoms with Gasteiger partial charge >= 0.3 is 12.0 Å². The number of carbonyl (C=O) groups excluding carboxylic acids is 1. The Balaban J connectivity index is 2.17. The number of carboxylic acid groups (broad SMARTS) is 1. The fourth-order valence-corrected chi connectivity index (χ4v) is 2.65. The van der Waals surface area contributed by atoms with Crippen molar-refractivity contribution in [3.63, 3.8) is 0 Å². The first kappa shape index (κ1) is 17.5. The summed E-state index contributed by atoms with van der Waals surface area (Å²) in [6.45, 7) is 8.24. The van der Waals surface area contributed by atoms with E-state index >= 15 is 0 Å². The number of hydrogen-bond acceptors (Lipinski definition) is 4. The van der Waals surface area contributed by atoms with Gasteiger partial charge in [-0.3, -0.25) is 0 Å². The van der Waals surface area contributed by atoms with Crippen molar-refractivity contribution < 1.29 is 14.7 Å². The lowest BCUT2D eigenvalue weighted by Crippen LogP contribution is -2.36. The molecule has 0 fully saturated rings. The lowest BCUT2D eigenvalue weighted by atomic mass is 10.3. The molecule has 21 heavy (non-hydrogen) atoms. The Kier molecular flexibility index (Phi) is 7.78. The highest BCUT2D eigenvalue weighted by molar-refractivity contribution is 7.13. The van der Waals surface area contributed by atoms with Crippen LogP contribution in [-0.2, 0) is 6.54 Å². The highest BCUT2D eigenvalue weighted by atomic mass is 32.1. The van der Waals surface area contributed by atoms with E-state index in [1.54, 1.807) is 12.1 Å². The maximum absolute atomic E-state index is 11.6. The summed E-state index contributed by atoms with van der Waals surface area (Å²) in [7, 11) is 0. The quantitative estimate of drug-likeness (QED) is 0.609. The van der Waals surface area contributed by atoms with Crippen LogP contribution in [-0.4, -0.2) is 48.2 Å². The Labute approximate surface area is 129 Å². The zero-order valence-electron chi connectivity index (χ0n) is 12.5. The Morgan fingerprint density at radius 2 is 1.95 bits per heavy atom. The highest BCUT2D eigenvalue weighted by Gasteiger charge is 2.07. The maximum Gasteiger partial charge on any atom is 0.345 e. The van der Waals surface area contributed by atoms with Gasteiger partial charge in [0.2, 0.25) is 0 Å². The zero-order chi connectivity index (χ0) is 15.7. The third kappa shape index (κ3) is 6.59. The van der Waals surface area contributed by atoms with Gasteiger partial charge in [-0.15, -0.1) is 11.3 Å². The van der Waals surface area contributed by atoms with E-state index in [-0.39, 0.29) is 10.9 Å². The van der Waals surface area contributed by atoms with Crippen LogP contribution in [0.1, 0.15) is 34.8 Å². The topological polar surface area (TPSA) is 81.7 Å². The van der Waals surface area contributed by atoms with Crippen LogP contribution in [0.25, 0.3) is 0 Å². The van der Waals surface area contributed by atoms with Crippen molar-refractivity contribution in [3.8, 4) is 0 Å². The monoisotopic (exact) mass is 313 g/mol. The Morgan fingerprint density at radius 3 is 2.52 bits per heavy atom. The van der Waals surface area contributed by atoms with Crippen molar-refractivity contribution in [3.05, 3.63) is 21.9 Å². The highest BCUT2D eigenvalue weighted by Crippen LogP contribution is 2.15. The third-order valence-corrected chi connectivity index (χ3v) is 4.20. The molecule has 0 bridgehead atoms. The van der Waals surface area contributed by atoms with Crippen molar-refractivity contribution >= 4 is 23.3 Å². The molecule has 0 aliphatic rings. The fourth-order valence-electron chi connectivity index (χ4n) is 1.86. The van der Waals surface area contributed by atoms with Gasteiger partial charge in [0.05, 0.1) is 6.54 Å². The molecule has 1 heterocycles. The molecule has 0 atom stereocenters. The van der Waals surface area contributed by atoms with Crippen molar-refractivity contribution in [1.82, 2.24) is 15.5 Å². The summed E-state index contributed by atoms with van der Waals surface area (Å²) in [4.78, 5) is 25.7. The summed E-state index contributed by atoms with van der Waals surface area (Å²) in [5, 5.41) is 14.3. The maximum atomic E-state index is 11.6. The molecule has 3 N–H and O–H groups in total. The van der Waals surface area contributed by atoms with Crippen molar-refractivity contribution in [2.24, 2.45) is 0 Å². The van der Waals surface area contributed by atoms with E-state index in [9.17, 15) is 9.59 Å². The second-order valence-corrected chi connectivity index (χ2v) is 5.73. The van der Waals surface area contributed by atoms with Crippen LogP contribution >= 0.6 is 11.3 Å². The normalized spacial score (nSPS) is 10.6. The number of hydrogen-bond donors (Lipinski definition) is 3. The number of carboxylic acids is 1. The molecule has 118 valence electrons. The average molecular weight is 313 g/mol. The molecule has 0 aromatic carbocycles. The molecule has 0 saturated carbocycles. The van der Waals surface area contributed by atoms with Crippen LogP contribution in [0.15, 0.2) is 12.1 Å². The number of thiophene rings is 1. The smallest absolute Gasteiger partial charge is 0.345 e. The predicted octanol–water partition coefficient (Wildman–Crippen LogP) is 1.98. The van der Waals surface area contributed by atoms with Crippen LogP contribution in [0.3, 0.4) is 0 Å². The SMILES string of the molecule is CCN(CC)CCCNC(=O)NCc1ccc(C(=O)O)s1. The lowest BCUT2D eigenvalue weighted by molar-refractivity contribution is 0.0702. The minimum absolute atomic E-state index is 0.222. The van der Waals surface area contributed by atoms with Gasteiger partial charge in [0, 0.05) is 11.4 Å². The number of carbonyl (C=O) groups is 2. The number of urea groups is 1. The molecule has 7 heteroatoms. The van der Waals surface area contributed by atoms with Crippen molar-refractivity contribution in [1.29, 1.82) is 0 Å². The summed E-state index contributed by atoms with van der Waals surface area (Å²) in [5.41, 5.74) is 0. The molecule has 0 unspecified atom stereocenters. The van der Waals surface area contributed by atoms with E-state index in [0.29, 0.717) is 13.1 Å². The van der Waals surface area contributed by atoms with Gasteiger partial charge in [0.15, 0.2) is 0 Å². The first-order chi connectivity index (χ1) is 10.1. The standard InChI is InChI=1S/C14H23N3O3S/c1-3-17(4-2)9-5-8-15-14(20)16-10-11-6-7-12(21-11)13(18)19/h6-7H,3-5,8-10H2,1-2H3,(H,18,19)(H2,15,16,20). The molecule has 0 aliphatic carbocycles. The first-order valence-corrected chi connectivity index (χ1v) is 7.94. The number of aromatic carboxylic acids is 1. The van der Waals surface area contributed by atoms with E-state index in [4.69, 9.17) is 5.11 Å². The lowest BCUT2D eigenvalue weighted by Gasteiger charge is -2.17. The van der Waals surface area contributed by atoms with Crippen molar-refractivity contribution in [2.75, 3.05) is 26.2 Å². The average Bonchev–Trinajstić information content (AvgIpc) is 2.94. The molecular formula is C14H23N3O3S. The van der Waals surface area contributed by atoms with Gasteiger partial charge in [-0.05, 0) is 38.2 Å². The van der Waals surface area contributed by atoms with E-state index in [2.05, 4.69) is 29.4 Å². The number of rotatable bonds is 9. The molecule has 1 aromatic heterocycles. The molecule has 1 aromatic rings. The van der Waals surface area contributed by atoms with Crippen LogP contribution in [0.2, 0.25) is 0 Å². The van der Waals surface area contributed by atoms with Gasteiger partial charge in [-0.2, -0.15) is 0 Å². The van der Waals surface area contributed by atoms with Gasteiger partial charge in [0.1, 0.15) is 4.88 Å². The zero-order valence-corrected chi connectivity index (χ0v) is 13.3. The summed E-state index contributed by atoms with van der Waals surface area (Å²) < 4.78 is 0. The molecule has 0 aliphatic heterocycles. The van der Waals surface area contributed by atoms with E-state index in [0.717, 1.165) is 30.9 Å². The molecular weight excluding hydrogens is 290 g/mol. The molecule has 0 saturated heterocycles. The summed E-state index contributed by atoms with van der Waals surface area (Å²) in [6.07, 6.45) is 0.914. The van der Waals surface area contributed by atoms with E-state index < -0.39 is 5.97 Å².